The number of carbonyl (C=O) groups is 2. The van der Waals surface area contributed by atoms with Gasteiger partial charge in [0.15, 0.2) is 5.75 Å². The van der Waals surface area contributed by atoms with Gasteiger partial charge in [-0.3, -0.25) is 4.79 Å². The SMILES string of the molecule is O=C(Oc1c(Br)cc(Br)cc1C=NNC(=O)c1[nH]c2c(I)cccc2c1-c1ccccc1)c1cccc(C(F)(F)F)c1. The molecule has 2 N–H and O–H groups in total. The summed E-state index contributed by atoms with van der Waals surface area (Å²) in [5.74, 6) is -1.50. The number of H-pyrrole nitrogens is 1. The van der Waals surface area contributed by atoms with Crippen LogP contribution < -0.4 is 10.2 Å². The topological polar surface area (TPSA) is 83.5 Å². The minimum Gasteiger partial charge on any atom is -0.421 e. The quantitative estimate of drug-likeness (QED) is 0.0591. The second-order valence-corrected chi connectivity index (χ2v) is 11.8. The van der Waals surface area contributed by atoms with E-state index < -0.39 is 23.6 Å². The summed E-state index contributed by atoms with van der Waals surface area (Å²) >= 11 is 8.88. The van der Waals surface area contributed by atoms with Crippen LogP contribution in [0.4, 0.5) is 13.2 Å². The molecule has 0 fully saturated rings. The largest absolute Gasteiger partial charge is 0.421 e. The van der Waals surface area contributed by atoms with Crippen LogP contribution in [0, 0.1) is 3.57 Å². The average molecular weight is 811 g/mol. The van der Waals surface area contributed by atoms with E-state index in [1.54, 1.807) is 12.1 Å². The van der Waals surface area contributed by atoms with Crippen LogP contribution in [0.2, 0.25) is 0 Å². The fourth-order valence-electron chi connectivity index (χ4n) is 4.23. The molecule has 0 radical (unpaired) electrons. The first kappa shape index (κ1) is 30.0. The zero-order valence-corrected chi connectivity index (χ0v) is 26.4. The van der Waals surface area contributed by atoms with Gasteiger partial charge in [0, 0.05) is 24.6 Å². The number of esters is 1. The molecule has 0 saturated carbocycles. The summed E-state index contributed by atoms with van der Waals surface area (Å²) in [7, 11) is 0. The Morgan fingerprint density at radius 1 is 0.952 bits per heavy atom. The number of rotatable bonds is 6. The van der Waals surface area contributed by atoms with Gasteiger partial charge >= 0.3 is 12.1 Å². The molecule has 5 aromatic rings. The third kappa shape index (κ3) is 6.45. The van der Waals surface area contributed by atoms with Gasteiger partial charge in [-0.15, -0.1) is 0 Å². The molecule has 0 aliphatic carbocycles. The maximum absolute atomic E-state index is 13.4. The van der Waals surface area contributed by atoms with E-state index in [1.165, 1.54) is 12.3 Å². The van der Waals surface area contributed by atoms with Crippen molar-refractivity contribution in [3.8, 4) is 16.9 Å². The number of carbonyl (C=O) groups excluding carboxylic acids is 2. The highest BCUT2D eigenvalue weighted by atomic mass is 127. The second-order valence-electron chi connectivity index (χ2n) is 8.88. The molecule has 6 nitrogen and oxygen atoms in total. The Morgan fingerprint density at radius 3 is 2.43 bits per heavy atom. The first-order valence-corrected chi connectivity index (χ1v) is 14.8. The van der Waals surface area contributed by atoms with E-state index in [2.05, 4.69) is 70.0 Å². The Morgan fingerprint density at radius 2 is 1.69 bits per heavy atom. The van der Waals surface area contributed by atoms with Crippen LogP contribution in [0.5, 0.6) is 5.75 Å². The molecule has 0 unspecified atom stereocenters. The lowest BCUT2D eigenvalue weighted by atomic mass is 10.0. The van der Waals surface area contributed by atoms with E-state index in [0.717, 1.165) is 43.8 Å². The number of halogens is 6. The van der Waals surface area contributed by atoms with E-state index >= 15 is 0 Å². The number of hydrogen-bond donors (Lipinski definition) is 2. The van der Waals surface area contributed by atoms with Crippen molar-refractivity contribution in [3.05, 3.63) is 120 Å². The molecule has 0 saturated heterocycles. The molecular formula is C30H17Br2F3IN3O3. The minimum atomic E-state index is -4.62. The molecule has 1 amide bonds. The van der Waals surface area contributed by atoms with Crippen LogP contribution in [0.3, 0.4) is 0 Å². The number of aromatic amines is 1. The Bertz CT molecular complexity index is 1860. The predicted octanol–water partition coefficient (Wildman–Crippen LogP) is 8.97. The van der Waals surface area contributed by atoms with Crippen molar-refractivity contribution in [1.82, 2.24) is 10.4 Å². The van der Waals surface area contributed by atoms with Gasteiger partial charge in [0.05, 0.1) is 27.3 Å². The van der Waals surface area contributed by atoms with Gasteiger partial charge in [-0.25, -0.2) is 10.2 Å². The van der Waals surface area contributed by atoms with Crippen LogP contribution in [0.1, 0.15) is 32.0 Å². The summed E-state index contributed by atoms with van der Waals surface area (Å²) < 4.78 is 46.8. The number of hydrogen-bond acceptors (Lipinski definition) is 4. The maximum atomic E-state index is 13.4. The summed E-state index contributed by atoms with van der Waals surface area (Å²) in [6.07, 6.45) is -3.34. The molecular weight excluding hydrogens is 794 g/mol. The summed E-state index contributed by atoms with van der Waals surface area (Å²) in [6, 6.07) is 22.4. The molecule has 212 valence electrons. The van der Waals surface area contributed by atoms with E-state index in [4.69, 9.17) is 4.74 Å². The standard InChI is InChI=1S/C30H17Br2F3IN3O3/c31-20-13-18(27(22(32)14-20)42-29(41)17-8-4-9-19(12-17)30(33,34)35)15-37-39-28(40)26-24(16-6-2-1-3-7-16)21-10-5-11-23(36)25(21)38-26/h1-15,38H,(H,39,40). The molecule has 0 aliphatic rings. The van der Waals surface area contributed by atoms with E-state index in [-0.39, 0.29) is 16.9 Å². The van der Waals surface area contributed by atoms with Gasteiger partial charge in [-0.1, -0.05) is 64.5 Å². The molecule has 4 aromatic carbocycles. The summed E-state index contributed by atoms with van der Waals surface area (Å²) in [5.41, 5.74) is 4.22. The zero-order chi connectivity index (χ0) is 30.0. The highest BCUT2D eigenvalue weighted by Gasteiger charge is 2.31. The smallest absolute Gasteiger partial charge is 0.416 e. The minimum absolute atomic E-state index is 0.00347. The molecule has 12 heteroatoms. The summed E-state index contributed by atoms with van der Waals surface area (Å²) in [5, 5.41) is 4.96. The number of para-hydroxylation sites is 1. The lowest BCUT2D eigenvalue weighted by Crippen LogP contribution is -2.19. The summed E-state index contributed by atoms with van der Waals surface area (Å²) in [6.45, 7) is 0. The molecule has 5 rings (SSSR count). The Labute approximate surface area is 267 Å². The van der Waals surface area contributed by atoms with Gasteiger partial charge < -0.3 is 9.72 Å². The highest BCUT2D eigenvalue weighted by Crippen LogP contribution is 2.35. The normalized spacial score (nSPS) is 11.7. The van der Waals surface area contributed by atoms with Crippen LogP contribution in [-0.2, 0) is 6.18 Å². The molecule has 42 heavy (non-hydrogen) atoms. The van der Waals surface area contributed by atoms with Gasteiger partial charge in [0.1, 0.15) is 5.69 Å². The fraction of sp³-hybridized carbons (Fsp3) is 0.0333. The van der Waals surface area contributed by atoms with Crippen LogP contribution in [0.25, 0.3) is 22.0 Å². The monoisotopic (exact) mass is 809 g/mol. The number of amides is 1. The van der Waals surface area contributed by atoms with Crippen molar-refractivity contribution in [2.45, 2.75) is 6.18 Å². The van der Waals surface area contributed by atoms with E-state index in [9.17, 15) is 22.8 Å². The zero-order valence-electron chi connectivity index (χ0n) is 21.1. The number of ether oxygens (including phenoxy) is 1. The van der Waals surface area contributed by atoms with Crippen molar-refractivity contribution in [1.29, 1.82) is 0 Å². The Hall–Kier alpha value is -3.49. The van der Waals surface area contributed by atoms with Gasteiger partial charge in [0.25, 0.3) is 5.91 Å². The van der Waals surface area contributed by atoms with Crippen molar-refractivity contribution >= 4 is 83.4 Å². The molecule has 0 atom stereocenters. The predicted molar refractivity (Wildman–Crippen MR) is 170 cm³/mol. The van der Waals surface area contributed by atoms with Crippen LogP contribution in [0.15, 0.2) is 99.0 Å². The second kappa shape index (κ2) is 12.4. The van der Waals surface area contributed by atoms with Crippen LogP contribution >= 0.6 is 54.5 Å². The first-order chi connectivity index (χ1) is 20.0. The van der Waals surface area contributed by atoms with Crippen molar-refractivity contribution in [2.24, 2.45) is 5.10 Å². The van der Waals surface area contributed by atoms with Crippen molar-refractivity contribution in [3.63, 3.8) is 0 Å². The molecule has 0 aliphatic heterocycles. The number of alkyl halides is 3. The third-order valence-corrected chi connectivity index (χ3v) is 8.05. The number of nitrogens with one attached hydrogen (secondary N) is 2. The fourth-order valence-corrected chi connectivity index (χ4v) is 6.20. The van der Waals surface area contributed by atoms with E-state index in [1.807, 2.05) is 48.5 Å². The Balaban J connectivity index is 1.43. The number of aromatic nitrogens is 1. The Kier molecular flexibility index (Phi) is 8.85. The maximum Gasteiger partial charge on any atom is 0.416 e. The van der Waals surface area contributed by atoms with E-state index in [0.29, 0.717) is 14.6 Å². The van der Waals surface area contributed by atoms with Crippen molar-refractivity contribution in [2.75, 3.05) is 0 Å². The average Bonchev–Trinajstić information content (AvgIpc) is 3.36. The van der Waals surface area contributed by atoms with Crippen molar-refractivity contribution < 1.29 is 27.5 Å². The molecule has 1 heterocycles. The van der Waals surface area contributed by atoms with Gasteiger partial charge in [-0.05, 0) is 80.5 Å². The highest BCUT2D eigenvalue weighted by molar-refractivity contribution is 14.1. The van der Waals surface area contributed by atoms with Gasteiger partial charge in [-0.2, -0.15) is 18.3 Å². The number of fused-ring (bicyclic) bond motifs is 1. The lowest BCUT2D eigenvalue weighted by molar-refractivity contribution is -0.137. The number of nitrogens with zero attached hydrogens (tertiary/aromatic N) is 1. The lowest BCUT2D eigenvalue weighted by Gasteiger charge is -2.12. The summed E-state index contributed by atoms with van der Waals surface area (Å²) in [4.78, 5) is 29.4. The number of benzene rings is 4. The van der Waals surface area contributed by atoms with Gasteiger partial charge in [0.2, 0.25) is 0 Å². The third-order valence-electron chi connectivity index (χ3n) is 6.10. The first-order valence-electron chi connectivity index (χ1n) is 12.1. The molecule has 0 spiro atoms. The number of hydrazone groups is 1. The molecule has 0 bridgehead atoms. The van der Waals surface area contributed by atoms with Crippen LogP contribution in [-0.4, -0.2) is 23.1 Å². The molecule has 1 aromatic heterocycles.